The highest BCUT2D eigenvalue weighted by Crippen LogP contribution is 2.33. The highest BCUT2D eigenvalue weighted by Gasteiger charge is 2.32. The molecule has 1 aliphatic rings. The van der Waals surface area contributed by atoms with Gasteiger partial charge >= 0.3 is 0 Å². The molecule has 1 aromatic carbocycles. The second-order valence-corrected chi connectivity index (χ2v) is 5.21. The van der Waals surface area contributed by atoms with Gasteiger partial charge in [-0.15, -0.1) is 0 Å². The molecule has 0 aliphatic carbocycles. The van der Waals surface area contributed by atoms with Gasteiger partial charge in [0, 0.05) is 23.6 Å². The first-order chi connectivity index (χ1) is 9.04. The molecular weight excluding hydrogens is 314 g/mol. The van der Waals surface area contributed by atoms with E-state index in [1.165, 1.54) is 6.07 Å². The van der Waals surface area contributed by atoms with Gasteiger partial charge in [0.15, 0.2) is 0 Å². The summed E-state index contributed by atoms with van der Waals surface area (Å²) < 4.78 is 0.650. The summed E-state index contributed by atoms with van der Waals surface area (Å²) in [4.78, 5) is 24.4. The maximum atomic E-state index is 11.8. The number of hydrogen-bond acceptors (Lipinski definition) is 4. The quantitative estimate of drug-likeness (QED) is 0.681. The minimum Gasteiger partial charge on any atom is -0.353 e. The fourth-order valence-corrected chi connectivity index (χ4v) is 2.64. The monoisotopic (exact) mass is 327 g/mol. The number of nitrogens with zero attached hydrogens (tertiary/aromatic N) is 2. The van der Waals surface area contributed by atoms with Gasteiger partial charge in [-0.1, -0.05) is 22.9 Å². The molecule has 0 spiro atoms. The van der Waals surface area contributed by atoms with Crippen LogP contribution in [0.15, 0.2) is 22.7 Å². The van der Waals surface area contributed by atoms with Crippen LogP contribution in [0.5, 0.6) is 0 Å². The number of carbonyl (C=O) groups is 1. The lowest BCUT2D eigenvalue weighted by Crippen LogP contribution is -2.55. The van der Waals surface area contributed by atoms with E-state index in [2.05, 4.69) is 21.2 Å². The number of halogens is 1. The molecule has 1 aliphatic heterocycles. The molecule has 1 fully saturated rings. The number of anilines is 1. The standard InChI is InChI=1S/C12H14BrN3O3/c1-2-9-12(17)14-5-6-15(9)10-4-3-8(13)7-11(10)16(18)19/h3-4,7,9H,2,5-6H2,1H3,(H,14,17). The van der Waals surface area contributed by atoms with Gasteiger partial charge in [-0.2, -0.15) is 0 Å². The first-order valence-electron chi connectivity index (χ1n) is 6.03. The Hall–Kier alpha value is -1.63. The Morgan fingerprint density at radius 3 is 2.95 bits per heavy atom. The predicted octanol–water partition coefficient (Wildman–Crippen LogP) is 2.07. The Kier molecular flexibility index (Phi) is 4.04. The predicted molar refractivity (Wildman–Crippen MR) is 75.2 cm³/mol. The minimum absolute atomic E-state index is 0.0162. The van der Waals surface area contributed by atoms with Crippen LogP contribution in [-0.4, -0.2) is 30.0 Å². The zero-order valence-electron chi connectivity index (χ0n) is 10.4. The number of nitrogens with one attached hydrogen (secondary N) is 1. The zero-order valence-corrected chi connectivity index (χ0v) is 12.0. The van der Waals surface area contributed by atoms with E-state index >= 15 is 0 Å². The van der Waals surface area contributed by atoms with E-state index < -0.39 is 4.92 Å². The van der Waals surface area contributed by atoms with E-state index in [9.17, 15) is 14.9 Å². The van der Waals surface area contributed by atoms with Gasteiger partial charge in [0.05, 0.1) is 4.92 Å². The van der Waals surface area contributed by atoms with Gasteiger partial charge in [0.2, 0.25) is 5.91 Å². The van der Waals surface area contributed by atoms with Crippen molar-refractivity contribution in [3.05, 3.63) is 32.8 Å². The van der Waals surface area contributed by atoms with Crippen molar-refractivity contribution in [3.63, 3.8) is 0 Å². The van der Waals surface area contributed by atoms with Crippen LogP contribution < -0.4 is 10.2 Å². The molecule has 6 nitrogen and oxygen atoms in total. The number of rotatable bonds is 3. The molecule has 1 aromatic rings. The molecular formula is C12H14BrN3O3. The maximum absolute atomic E-state index is 11.8. The van der Waals surface area contributed by atoms with Crippen molar-refractivity contribution in [2.24, 2.45) is 0 Å². The molecule has 19 heavy (non-hydrogen) atoms. The van der Waals surface area contributed by atoms with Crippen LogP contribution in [0.3, 0.4) is 0 Å². The average Bonchev–Trinajstić information content (AvgIpc) is 2.38. The molecule has 0 saturated carbocycles. The van der Waals surface area contributed by atoms with Crippen molar-refractivity contribution in [3.8, 4) is 0 Å². The molecule has 1 atom stereocenters. The molecule has 2 rings (SSSR count). The second kappa shape index (κ2) is 5.56. The molecule has 0 radical (unpaired) electrons. The molecule has 1 unspecified atom stereocenters. The lowest BCUT2D eigenvalue weighted by atomic mass is 10.1. The first kappa shape index (κ1) is 13.8. The topological polar surface area (TPSA) is 75.5 Å². The highest BCUT2D eigenvalue weighted by atomic mass is 79.9. The molecule has 1 heterocycles. The lowest BCUT2D eigenvalue weighted by molar-refractivity contribution is -0.384. The van der Waals surface area contributed by atoms with E-state index in [0.717, 1.165) is 0 Å². The third kappa shape index (κ3) is 2.70. The van der Waals surface area contributed by atoms with Crippen LogP contribution in [0, 0.1) is 10.1 Å². The molecule has 0 aromatic heterocycles. The van der Waals surface area contributed by atoms with Crippen LogP contribution in [0.25, 0.3) is 0 Å². The van der Waals surface area contributed by atoms with Crippen LogP contribution in [0.1, 0.15) is 13.3 Å². The van der Waals surface area contributed by atoms with Crippen molar-refractivity contribution in [1.82, 2.24) is 5.32 Å². The van der Waals surface area contributed by atoms with Gasteiger partial charge in [-0.3, -0.25) is 14.9 Å². The largest absolute Gasteiger partial charge is 0.353 e. The zero-order chi connectivity index (χ0) is 14.0. The average molecular weight is 328 g/mol. The molecule has 1 N–H and O–H groups in total. The number of nitro groups is 1. The summed E-state index contributed by atoms with van der Waals surface area (Å²) in [6.07, 6.45) is 0.610. The van der Waals surface area contributed by atoms with Crippen LogP contribution in [-0.2, 0) is 4.79 Å². The highest BCUT2D eigenvalue weighted by molar-refractivity contribution is 9.10. The lowest BCUT2D eigenvalue weighted by Gasteiger charge is -2.35. The normalized spacial score (nSPS) is 19.2. The SMILES string of the molecule is CCC1C(=O)NCCN1c1ccc(Br)cc1[N+](=O)[O-]. The summed E-state index contributed by atoms with van der Waals surface area (Å²) in [6.45, 7) is 2.97. The van der Waals surface area contributed by atoms with Gasteiger partial charge in [-0.05, 0) is 18.6 Å². The molecule has 1 amide bonds. The van der Waals surface area contributed by atoms with Crippen molar-refractivity contribution < 1.29 is 9.72 Å². The Bertz CT molecular complexity index is 521. The summed E-state index contributed by atoms with van der Waals surface area (Å²) in [7, 11) is 0. The second-order valence-electron chi connectivity index (χ2n) is 4.30. The number of amides is 1. The summed E-state index contributed by atoms with van der Waals surface area (Å²) in [6, 6.07) is 4.55. The maximum Gasteiger partial charge on any atom is 0.293 e. The van der Waals surface area contributed by atoms with E-state index in [0.29, 0.717) is 29.7 Å². The number of nitro benzene ring substituents is 1. The van der Waals surface area contributed by atoms with Crippen molar-refractivity contribution in [2.75, 3.05) is 18.0 Å². The fraction of sp³-hybridized carbons (Fsp3) is 0.417. The fourth-order valence-electron chi connectivity index (χ4n) is 2.29. The van der Waals surface area contributed by atoms with Gasteiger partial charge in [-0.25, -0.2) is 0 Å². The summed E-state index contributed by atoms with van der Waals surface area (Å²) in [5.74, 6) is -0.0778. The minimum atomic E-state index is -0.417. The van der Waals surface area contributed by atoms with E-state index in [-0.39, 0.29) is 17.6 Å². The summed E-state index contributed by atoms with van der Waals surface area (Å²) >= 11 is 3.23. The van der Waals surface area contributed by atoms with Gasteiger partial charge in [0.1, 0.15) is 11.7 Å². The van der Waals surface area contributed by atoms with Crippen LogP contribution in [0.2, 0.25) is 0 Å². The third-order valence-electron chi connectivity index (χ3n) is 3.16. The smallest absolute Gasteiger partial charge is 0.293 e. The third-order valence-corrected chi connectivity index (χ3v) is 3.65. The molecule has 7 heteroatoms. The van der Waals surface area contributed by atoms with Crippen LogP contribution in [0.4, 0.5) is 11.4 Å². The Labute approximate surface area is 119 Å². The molecule has 1 saturated heterocycles. The van der Waals surface area contributed by atoms with Crippen LogP contribution >= 0.6 is 15.9 Å². The van der Waals surface area contributed by atoms with Gasteiger partial charge < -0.3 is 10.2 Å². The Morgan fingerprint density at radius 1 is 1.58 bits per heavy atom. The van der Waals surface area contributed by atoms with Crippen molar-refractivity contribution in [1.29, 1.82) is 0 Å². The number of benzene rings is 1. The number of piperazine rings is 1. The number of hydrogen-bond donors (Lipinski definition) is 1. The van der Waals surface area contributed by atoms with E-state index in [4.69, 9.17) is 0 Å². The number of carbonyl (C=O) groups excluding carboxylic acids is 1. The Balaban J connectivity index is 2.45. The van der Waals surface area contributed by atoms with Gasteiger partial charge in [0.25, 0.3) is 5.69 Å². The molecule has 0 bridgehead atoms. The first-order valence-corrected chi connectivity index (χ1v) is 6.82. The summed E-state index contributed by atoms with van der Waals surface area (Å²) in [5.41, 5.74) is 0.512. The van der Waals surface area contributed by atoms with E-state index in [1.54, 1.807) is 12.1 Å². The Morgan fingerprint density at radius 2 is 2.32 bits per heavy atom. The summed E-state index contributed by atoms with van der Waals surface area (Å²) in [5, 5.41) is 13.9. The van der Waals surface area contributed by atoms with E-state index in [1.807, 2.05) is 11.8 Å². The molecule has 102 valence electrons. The van der Waals surface area contributed by atoms with Crippen molar-refractivity contribution >= 4 is 33.2 Å². The van der Waals surface area contributed by atoms with Crippen molar-refractivity contribution in [2.45, 2.75) is 19.4 Å².